The summed E-state index contributed by atoms with van der Waals surface area (Å²) in [4.78, 5) is 40.5. The molecule has 0 aliphatic carbocycles. The summed E-state index contributed by atoms with van der Waals surface area (Å²) >= 11 is 0. The second kappa shape index (κ2) is 11.2. The Bertz CT molecular complexity index is 1180. The number of carbonyl (C=O) groups excluding carboxylic acids is 3. The molecule has 2 aromatic carbocycles. The lowest BCUT2D eigenvalue weighted by molar-refractivity contribution is -0.129. The molecule has 0 unspecified atom stereocenters. The number of fused-ring (bicyclic) bond motifs is 1. The zero-order chi connectivity index (χ0) is 27.5. The lowest BCUT2D eigenvalue weighted by Gasteiger charge is -2.30. The van der Waals surface area contributed by atoms with Crippen molar-refractivity contribution >= 4 is 23.6 Å². The molecule has 1 heterocycles. The Morgan fingerprint density at radius 2 is 1.78 bits per heavy atom. The molecule has 1 aliphatic heterocycles. The lowest BCUT2D eigenvalue weighted by atomic mass is 10.0. The first-order chi connectivity index (χ1) is 17.3. The molecule has 0 spiro atoms. The second-order valence-electron chi connectivity index (χ2n) is 10.3. The zero-order valence-electron chi connectivity index (χ0n) is 21.5. The monoisotopic (exact) mass is 519 g/mol. The minimum atomic E-state index is -1.27. The van der Waals surface area contributed by atoms with Gasteiger partial charge in [-0.05, 0) is 70.7 Å². The van der Waals surface area contributed by atoms with Gasteiger partial charge in [0.25, 0.3) is 0 Å². The molecule has 1 aliphatic rings. The summed E-state index contributed by atoms with van der Waals surface area (Å²) in [5.74, 6) is -3.51. The van der Waals surface area contributed by atoms with Crippen LogP contribution >= 0.6 is 0 Å². The van der Waals surface area contributed by atoms with Crippen molar-refractivity contribution in [1.29, 1.82) is 0 Å². The minimum absolute atomic E-state index is 0.0204. The largest absolute Gasteiger partial charge is 0.444 e. The number of amides is 3. The minimum Gasteiger partial charge on any atom is -0.444 e. The Hall–Kier alpha value is -3.56. The Balaban J connectivity index is 1.88. The Labute approximate surface area is 214 Å². The van der Waals surface area contributed by atoms with Crippen LogP contribution in [0.5, 0.6) is 0 Å². The van der Waals surface area contributed by atoms with E-state index in [0.29, 0.717) is 5.56 Å². The highest BCUT2D eigenvalue weighted by Crippen LogP contribution is 2.32. The van der Waals surface area contributed by atoms with Crippen molar-refractivity contribution in [3.8, 4) is 0 Å². The molecule has 200 valence electrons. The van der Waals surface area contributed by atoms with E-state index in [4.69, 9.17) is 4.74 Å². The van der Waals surface area contributed by atoms with E-state index < -0.39 is 59.1 Å². The fraction of sp³-hybridized carbons (Fsp3) is 0.444. The molecule has 0 radical (unpaired) electrons. The van der Waals surface area contributed by atoms with Crippen LogP contribution in [0.1, 0.15) is 52.2 Å². The lowest BCUT2D eigenvalue weighted by Crippen LogP contribution is -2.56. The zero-order valence-corrected chi connectivity index (χ0v) is 21.5. The van der Waals surface area contributed by atoms with E-state index in [1.165, 1.54) is 29.2 Å². The summed E-state index contributed by atoms with van der Waals surface area (Å²) in [5, 5.41) is 5.09. The summed E-state index contributed by atoms with van der Waals surface area (Å²) in [6, 6.07) is 4.86. The maximum Gasteiger partial charge on any atom is 0.408 e. The Kier molecular flexibility index (Phi) is 8.50. The number of halogens is 3. The van der Waals surface area contributed by atoms with Crippen LogP contribution in [0.3, 0.4) is 0 Å². The molecule has 0 bridgehead atoms. The van der Waals surface area contributed by atoms with E-state index in [2.05, 4.69) is 10.6 Å². The fourth-order valence-electron chi connectivity index (χ4n) is 4.24. The number of ether oxygens (including phenoxy) is 1. The van der Waals surface area contributed by atoms with Crippen LogP contribution in [0.2, 0.25) is 0 Å². The Morgan fingerprint density at radius 3 is 2.41 bits per heavy atom. The van der Waals surface area contributed by atoms with Gasteiger partial charge in [0, 0.05) is 18.5 Å². The molecule has 0 saturated heterocycles. The number of nitrogens with one attached hydrogen (secondary N) is 2. The first-order valence-corrected chi connectivity index (χ1v) is 12.1. The maximum absolute atomic E-state index is 14.8. The molecule has 0 aromatic heterocycles. The highest BCUT2D eigenvalue weighted by molar-refractivity contribution is 6.01. The van der Waals surface area contributed by atoms with Crippen molar-refractivity contribution < 1.29 is 32.3 Å². The third-order valence-corrected chi connectivity index (χ3v) is 5.81. The van der Waals surface area contributed by atoms with Crippen LogP contribution in [0, 0.1) is 17.5 Å². The molecule has 0 saturated carbocycles. The number of hydrogen-bond acceptors (Lipinski definition) is 4. The van der Waals surface area contributed by atoms with Crippen LogP contribution in [0.4, 0.5) is 23.7 Å². The van der Waals surface area contributed by atoms with Gasteiger partial charge in [-0.3, -0.25) is 9.59 Å². The van der Waals surface area contributed by atoms with Crippen molar-refractivity contribution in [3.05, 3.63) is 65.0 Å². The van der Waals surface area contributed by atoms with Gasteiger partial charge < -0.3 is 20.3 Å². The maximum atomic E-state index is 14.8. The van der Waals surface area contributed by atoms with Gasteiger partial charge in [0.1, 0.15) is 35.1 Å². The Morgan fingerprint density at radius 1 is 1.11 bits per heavy atom. The summed E-state index contributed by atoms with van der Waals surface area (Å²) in [6.45, 7) is 8.33. The average molecular weight is 520 g/mol. The average Bonchev–Trinajstić information content (AvgIpc) is 2.90. The van der Waals surface area contributed by atoms with Gasteiger partial charge >= 0.3 is 6.09 Å². The molecule has 0 fully saturated rings. The number of anilines is 1. The third-order valence-electron chi connectivity index (χ3n) is 5.81. The van der Waals surface area contributed by atoms with Gasteiger partial charge in [-0.2, -0.15) is 0 Å². The molecule has 2 atom stereocenters. The molecule has 3 rings (SSSR count). The highest BCUT2D eigenvalue weighted by atomic mass is 19.1. The number of hydrogen-bond donors (Lipinski definition) is 2. The number of nitrogens with zero attached hydrogens (tertiary/aromatic N) is 1. The van der Waals surface area contributed by atoms with Crippen molar-refractivity contribution in [3.63, 3.8) is 0 Å². The SMILES string of the molecule is CC(C)N1C(=O)[C@H](NC(=O)[C@@H](Cc2ccccc2F)NC(=O)OC(C)(C)C)CCc2cc(F)cc(F)c21. The van der Waals surface area contributed by atoms with Crippen molar-refractivity contribution in [1.82, 2.24) is 10.6 Å². The molecule has 2 N–H and O–H groups in total. The van der Waals surface area contributed by atoms with E-state index in [1.807, 2.05) is 0 Å². The van der Waals surface area contributed by atoms with Crippen molar-refractivity contribution in [2.24, 2.45) is 0 Å². The highest BCUT2D eigenvalue weighted by Gasteiger charge is 2.36. The molecule has 7 nitrogen and oxygen atoms in total. The van der Waals surface area contributed by atoms with Crippen molar-refractivity contribution in [2.75, 3.05) is 4.90 Å². The van der Waals surface area contributed by atoms with Gasteiger partial charge in [0.2, 0.25) is 11.8 Å². The standard InChI is InChI=1S/C27H32F3N3O4/c1-15(2)33-23-17(12-18(28)14-20(23)30)10-11-21(25(33)35)31-24(34)22(32-26(36)37-27(3,4)5)13-16-8-6-7-9-19(16)29/h6-9,12,14-15,21-22H,10-11,13H2,1-5H3,(H,31,34)(H,32,36)/t21-,22-/m1/s1. The van der Waals surface area contributed by atoms with Crippen LogP contribution in [-0.4, -0.2) is 41.6 Å². The number of carbonyl (C=O) groups is 3. The molecule has 10 heteroatoms. The second-order valence-corrected chi connectivity index (χ2v) is 10.3. The predicted octanol–water partition coefficient (Wildman–Crippen LogP) is 4.41. The number of benzene rings is 2. The first-order valence-electron chi connectivity index (χ1n) is 12.1. The van der Waals surface area contributed by atoms with E-state index in [0.717, 1.165) is 6.07 Å². The van der Waals surface area contributed by atoms with Crippen LogP contribution in [-0.2, 0) is 27.2 Å². The molecule has 2 aromatic rings. The fourth-order valence-corrected chi connectivity index (χ4v) is 4.24. The van der Waals surface area contributed by atoms with Gasteiger partial charge in [-0.15, -0.1) is 0 Å². The third kappa shape index (κ3) is 7.02. The van der Waals surface area contributed by atoms with Gasteiger partial charge in [0.05, 0.1) is 5.69 Å². The molecular formula is C27H32F3N3O4. The molecule has 3 amide bonds. The normalized spacial score (nSPS) is 16.6. The first kappa shape index (κ1) is 28.0. The molecular weight excluding hydrogens is 487 g/mol. The topological polar surface area (TPSA) is 87.7 Å². The van der Waals surface area contributed by atoms with Crippen LogP contribution in [0.25, 0.3) is 0 Å². The van der Waals surface area contributed by atoms with Gasteiger partial charge in [0.15, 0.2) is 0 Å². The van der Waals surface area contributed by atoms with Crippen LogP contribution < -0.4 is 15.5 Å². The predicted molar refractivity (Wildman–Crippen MR) is 132 cm³/mol. The summed E-state index contributed by atoms with van der Waals surface area (Å²) in [7, 11) is 0. The number of rotatable bonds is 6. The summed E-state index contributed by atoms with van der Waals surface area (Å²) in [5.41, 5.74) is -0.373. The number of alkyl carbamates (subject to hydrolysis) is 1. The smallest absolute Gasteiger partial charge is 0.408 e. The quantitative estimate of drug-likeness (QED) is 0.592. The summed E-state index contributed by atoms with van der Waals surface area (Å²) in [6.07, 6.45) is -0.888. The van der Waals surface area contributed by atoms with Crippen molar-refractivity contribution in [2.45, 2.75) is 77.6 Å². The molecule has 37 heavy (non-hydrogen) atoms. The van der Waals surface area contributed by atoms with E-state index in [1.54, 1.807) is 40.7 Å². The van der Waals surface area contributed by atoms with E-state index >= 15 is 0 Å². The summed E-state index contributed by atoms with van der Waals surface area (Å²) < 4.78 is 48.3. The van der Waals surface area contributed by atoms with Gasteiger partial charge in [-0.25, -0.2) is 18.0 Å². The van der Waals surface area contributed by atoms with Gasteiger partial charge in [-0.1, -0.05) is 18.2 Å². The van der Waals surface area contributed by atoms with E-state index in [-0.39, 0.29) is 30.5 Å². The number of aryl methyl sites for hydroxylation is 1. The van der Waals surface area contributed by atoms with Crippen LogP contribution in [0.15, 0.2) is 36.4 Å². The van der Waals surface area contributed by atoms with E-state index in [9.17, 15) is 27.6 Å².